The first-order chi connectivity index (χ1) is 9.74. The van der Waals surface area contributed by atoms with Crippen LogP contribution in [0.5, 0.6) is 5.75 Å². The maximum Gasteiger partial charge on any atom is 0.137 e. The van der Waals surface area contributed by atoms with Gasteiger partial charge in [0.05, 0.1) is 18.8 Å². The third-order valence-electron chi connectivity index (χ3n) is 3.16. The smallest absolute Gasteiger partial charge is 0.137 e. The molecule has 2 aromatic rings. The van der Waals surface area contributed by atoms with Gasteiger partial charge in [-0.2, -0.15) is 0 Å². The molecule has 2 rings (SSSR count). The molecule has 0 radical (unpaired) electrons. The monoisotopic (exact) mass is 270 g/mol. The molecule has 1 N–H and O–H groups in total. The molecule has 0 aliphatic heterocycles. The predicted molar refractivity (Wildman–Crippen MR) is 82.1 cm³/mol. The second-order valence-corrected chi connectivity index (χ2v) is 4.79. The van der Waals surface area contributed by atoms with E-state index in [9.17, 15) is 0 Å². The lowest BCUT2D eigenvalue weighted by atomic mass is 9.98. The van der Waals surface area contributed by atoms with Gasteiger partial charge in [-0.3, -0.25) is 4.98 Å². The van der Waals surface area contributed by atoms with Crippen LogP contribution in [0.1, 0.15) is 36.6 Å². The average molecular weight is 270 g/mol. The normalized spacial score (nSPS) is 12.2. The Morgan fingerprint density at radius 1 is 1.15 bits per heavy atom. The van der Waals surface area contributed by atoms with Gasteiger partial charge < -0.3 is 10.1 Å². The van der Waals surface area contributed by atoms with Crippen molar-refractivity contribution in [3.63, 3.8) is 0 Å². The summed E-state index contributed by atoms with van der Waals surface area (Å²) in [6.45, 7) is 7.76. The molecule has 3 heteroatoms. The Hall–Kier alpha value is -1.87. The second-order valence-electron chi connectivity index (χ2n) is 4.79. The molecule has 0 saturated heterocycles. The van der Waals surface area contributed by atoms with Crippen LogP contribution in [0, 0.1) is 6.92 Å². The van der Waals surface area contributed by atoms with Crippen molar-refractivity contribution < 1.29 is 4.74 Å². The minimum atomic E-state index is 0.146. The van der Waals surface area contributed by atoms with Gasteiger partial charge in [0.15, 0.2) is 0 Å². The Labute approximate surface area is 121 Å². The lowest BCUT2D eigenvalue weighted by Gasteiger charge is -2.19. The number of rotatable bonds is 6. The summed E-state index contributed by atoms with van der Waals surface area (Å²) in [6, 6.07) is 10.8. The fourth-order valence-electron chi connectivity index (χ4n) is 2.32. The van der Waals surface area contributed by atoms with E-state index in [0.29, 0.717) is 6.61 Å². The first kappa shape index (κ1) is 14.5. The van der Waals surface area contributed by atoms with Crippen LogP contribution in [0.25, 0.3) is 0 Å². The number of nitrogens with one attached hydrogen (secondary N) is 1. The molecule has 106 valence electrons. The lowest BCUT2D eigenvalue weighted by molar-refractivity contribution is 0.338. The molecule has 0 bridgehead atoms. The average Bonchev–Trinajstić information content (AvgIpc) is 2.45. The summed E-state index contributed by atoms with van der Waals surface area (Å²) < 4.78 is 5.54. The molecule has 3 nitrogen and oxygen atoms in total. The molecule has 0 aliphatic carbocycles. The van der Waals surface area contributed by atoms with Crippen molar-refractivity contribution in [2.24, 2.45) is 0 Å². The molecule has 1 atom stereocenters. The summed E-state index contributed by atoms with van der Waals surface area (Å²) in [5, 5.41) is 3.52. The molecule has 1 aromatic heterocycles. The molecule has 0 aliphatic rings. The summed E-state index contributed by atoms with van der Waals surface area (Å²) >= 11 is 0. The van der Waals surface area contributed by atoms with Gasteiger partial charge in [0, 0.05) is 6.20 Å². The van der Waals surface area contributed by atoms with Crippen LogP contribution in [-0.2, 0) is 0 Å². The standard InChI is InChI=1S/C17H22N2O/c1-4-19-17(14-8-6-7-13(3)9-14)15-10-16(20-5-2)12-18-11-15/h6-12,17,19H,4-5H2,1-3H3. The minimum Gasteiger partial charge on any atom is -0.492 e. The Bertz CT molecular complexity index is 554. The Balaban J connectivity index is 2.35. The summed E-state index contributed by atoms with van der Waals surface area (Å²) in [5.41, 5.74) is 3.64. The van der Waals surface area contributed by atoms with Gasteiger partial charge in [0.2, 0.25) is 0 Å². The Morgan fingerprint density at radius 3 is 2.70 bits per heavy atom. The maximum absolute atomic E-state index is 5.54. The van der Waals surface area contributed by atoms with E-state index in [1.54, 1.807) is 6.20 Å². The number of nitrogens with zero attached hydrogens (tertiary/aromatic N) is 1. The van der Waals surface area contributed by atoms with E-state index in [1.165, 1.54) is 11.1 Å². The second kappa shape index (κ2) is 7.06. The third-order valence-corrected chi connectivity index (χ3v) is 3.16. The van der Waals surface area contributed by atoms with Crippen molar-refractivity contribution in [3.05, 3.63) is 59.4 Å². The van der Waals surface area contributed by atoms with Gasteiger partial charge in [-0.15, -0.1) is 0 Å². The number of hydrogen-bond donors (Lipinski definition) is 1. The van der Waals surface area contributed by atoms with Gasteiger partial charge >= 0.3 is 0 Å². The molecule has 0 fully saturated rings. The quantitative estimate of drug-likeness (QED) is 0.872. The summed E-state index contributed by atoms with van der Waals surface area (Å²) in [6.07, 6.45) is 3.66. The van der Waals surface area contributed by atoms with Gasteiger partial charge in [-0.05, 0) is 37.6 Å². The van der Waals surface area contributed by atoms with Crippen molar-refractivity contribution in [1.82, 2.24) is 10.3 Å². The lowest BCUT2D eigenvalue weighted by Crippen LogP contribution is -2.22. The maximum atomic E-state index is 5.54. The minimum absolute atomic E-state index is 0.146. The fraction of sp³-hybridized carbons (Fsp3) is 0.353. The van der Waals surface area contributed by atoms with Crippen molar-refractivity contribution in [1.29, 1.82) is 0 Å². The molecule has 1 aromatic carbocycles. The van der Waals surface area contributed by atoms with E-state index in [4.69, 9.17) is 4.74 Å². The van der Waals surface area contributed by atoms with Crippen LogP contribution in [-0.4, -0.2) is 18.1 Å². The van der Waals surface area contributed by atoms with Crippen molar-refractivity contribution in [2.75, 3.05) is 13.2 Å². The van der Waals surface area contributed by atoms with Gasteiger partial charge in [-0.1, -0.05) is 36.8 Å². The van der Waals surface area contributed by atoms with Crippen LogP contribution in [0.4, 0.5) is 0 Å². The Kier molecular flexibility index (Phi) is 5.13. The molecule has 0 amide bonds. The van der Waals surface area contributed by atoms with E-state index < -0.39 is 0 Å². The van der Waals surface area contributed by atoms with E-state index in [0.717, 1.165) is 17.9 Å². The van der Waals surface area contributed by atoms with Gasteiger partial charge in [0.1, 0.15) is 5.75 Å². The molecule has 0 saturated carbocycles. The predicted octanol–water partition coefficient (Wildman–Crippen LogP) is 3.49. The number of benzene rings is 1. The topological polar surface area (TPSA) is 34.2 Å². The highest BCUT2D eigenvalue weighted by Crippen LogP contribution is 2.25. The summed E-state index contributed by atoms with van der Waals surface area (Å²) in [5.74, 6) is 0.820. The molecule has 0 spiro atoms. The highest BCUT2D eigenvalue weighted by Gasteiger charge is 2.14. The number of aryl methyl sites for hydroxylation is 1. The van der Waals surface area contributed by atoms with Crippen LogP contribution in [0.2, 0.25) is 0 Å². The van der Waals surface area contributed by atoms with Crippen LogP contribution in [0.15, 0.2) is 42.7 Å². The Morgan fingerprint density at radius 2 is 2.00 bits per heavy atom. The van der Waals surface area contributed by atoms with Crippen molar-refractivity contribution in [3.8, 4) is 5.75 Å². The summed E-state index contributed by atoms with van der Waals surface area (Å²) in [7, 11) is 0. The van der Waals surface area contributed by atoms with Gasteiger partial charge in [-0.25, -0.2) is 0 Å². The molecule has 1 unspecified atom stereocenters. The van der Waals surface area contributed by atoms with E-state index in [2.05, 4.69) is 54.5 Å². The first-order valence-corrected chi connectivity index (χ1v) is 7.12. The number of pyridine rings is 1. The fourth-order valence-corrected chi connectivity index (χ4v) is 2.32. The number of hydrogen-bond acceptors (Lipinski definition) is 3. The van der Waals surface area contributed by atoms with E-state index in [-0.39, 0.29) is 6.04 Å². The van der Waals surface area contributed by atoms with Crippen LogP contribution in [0.3, 0.4) is 0 Å². The number of ether oxygens (including phenoxy) is 1. The zero-order valence-electron chi connectivity index (χ0n) is 12.4. The zero-order valence-corrected chi connectivity index (χ0v) is 12.4. The third kappa shape index (κ3) is 3.58. The SMILES string of the molecule is CCNC(c1cccc(C)c1)c1cncc(OCC)c1. The van der Waals surface area contributed by atoms with Crippen LogP contribution < -0.4 is 10.1 Å². The van der Waals surface area contributed by atoms with Gasteiger partial charge in [0.25, 0.3) is 0 Å². The largest absolute Gasteiger partial charge is 0.492 e. The molecule has 20 heavy (non-hydrogen) atoms. The highest BCUT2D eigenvalue weighted by atomic mass is 16.5. The van der Waals surface area contributed by atoms with E-state index >= 15 is 0 Å². The first-order valence-electron chi connectivity index (χ1n) is 7.12. The van der Waals surface area contributed by atoms with Crippen molar-refractivity contribution >= 4 is 0 Å². The van der Waals surface area contributed by atoms with E-state index in [1.807, 2.05) is 13.1 Å². The molecule has 1 heterocycles. The highest BCUT2D eigenvalue weighted by molar-refractivity contribution is 5.35. The zero-order chi connectivity index (χ0) is 14.4. The van der Waals surface area contributed by atoms with Crippen LogP contribution >= 0.6 is 0 Å². The molecular weight excluding hydrogens is 248 g/mol. The van der Waals surface area contributed by atoms with Crippen molar-refractivity contribution in [2.45, 2.75) is 26.8 Å². The summed E-state index contributed by atoms with van der Waals surface area (Å²) in [4.78, 5) is 4.29. The molecular formula is C17H22N2O. The number of aromatic nitrogens is 1.